The highest BCUT2D eigenvalue weighted by Crippen LogP contribution is 2.36. The maximum Gasteiger partial charge on any atom is 0.251 e. The average Bonchev–Trinajstić information content (AvgIpc) is 3.39. The Hall–Kier alpha value is -5.05. The molecule has 0 radical (unpaired) electrons. The number of ether oxygens (including phenoxy) is 3. The summed E-state index contributed by atoms with van der Waals surface area (Å²) in [6.07, 6.45) is 1.66. The van der Waals surface area contributed by atoms with Gasteiger partial charge in [-0.25, -0.2) is 9.97 Å². The van der Waals surface area contributed by atoms with Crippen molar-refractivity contribution in [2.45, 2.75) is 6.54 Å². The largest absolute Gasteiger partial charge is 0.507 e. The summed E-state index contributed by atoms with van der Waals surface area (Å²) in [6, 6.07) is 19.7. The second-order valence-corrected chi connectivity index (χ2v) is 8.44. The number of aromatic nitrogens is 3. The van der Waals surface area contributed by atoms with Crippen LogP contribution in [-0.2, 0) is 6.54 Å². The molecule has 0 aliphatic heterocycles. The number of nitrogens with one attached hydrogen (secondary N) is 2. The highest BCUT2D eigenvalue weighted by Gasteiger charge is 2.16. The molecule has 3 aromatic carbocycles. The lowest BCUT2D eigenvalue weighted by Crippen LogP contribution is -2.23. The van der Waals surface area contributed by atoms with E-state index in [1.54, 1.807) is 63.9 Å². The monoisotopic (exact) mass is 510 g/mol. The summed E-state index contributed by atoms with van der Waals surface area (Å²) >= 11 is 0. The van der Waals surface area contributed by atoms with Gasteiger partial charge in [0.1, 0.15) is 11.6 Å². The van der Waals surface area contributed by atoms with Gasteiger partial charge in [-0.05, 0) is 54.1 Å². The molecule has 0 aliphatic carbocycles. The van der Waals surface area contributed by atoms with Crippen molar-refractivity contribution in [1.82, 2.24) is 20.3 Å². The van der Waals surface area contributed by atoms with E-state index in [9.17, 15) is 9.90 Å². The van der Waals surface area contributed by atoms with E-state index >= 15 is 0 Å². The molecule has 0 spiro atoms. The predicted octanol–water partition coefficient (Wildman–Crippen LogP) is 4.95. The van der Waals surface area contributed by atoms with Gasteiger partial charge in [-0.1, -0.05) is 18.2 Å². The number of methoxy groups -OCH3 is 3. The van der Waals surface area contributed by atoms with Crippen LogP contribution in [0.4, 0.5) is 0 Å². The highest BCUT2D eigenvalue weighted by molar-refractivity contribution is 5.97. The van der Waals surface area contributed by atoms with E-state index in [1.165, 1.54) is 0 Å². The van der Waals surface area contributed by atoms with Crippen LogP contribution in [0.1, 0.15) is 15.9 Å². The van der Waals surface area contributed by atoms with Gasteiger partial charge in [0.2, 0.25) is 5.88 Å². The molecule has 3 N–H and O–H groups in total. The molecule has 9 heteroatoms. The fourth-order valence-corrected chi connectivity index (χ4v) is 4.32. The number of aromatic hydroxyl groups is 1. The van der Waals surface area contributed by atoms with E-state index in [1.807, 2.05) is 30.3 Å². The van der Waals surface area contributed by atoms with E-state index < -0.39 is 0 Å². The molecule has 192 valence electrons. The Morgan fingerprint density at radius 1 is 0.947 bits per heavy atom. The maximum atomic E-state index is 12.9. The first-order chi connectivity index (χ1) is 18.5. The number of H-pyrrole nitrogens is 1. The van der Waals surface area contributed by atoms with Gasteiger partial charge in [0, 0.05) is 29.4 Å². The van der Waals surface area contributed by atoms with Crippen molar-refractivity contribution < 1.29 is 24.1 Å². The number of imidazole rings is 1. The predicted molar refractivity (Wildman–Crippen MR) is 144 cm³/mol. The Bertz CT molecular complexity index is 1630. The Morgan fingerprint density at radius 3 is 2.61 bits per heavy atom. The second kappa shape index (κ2) is 10.5. The lowest BCUT2D eigenvalue weighted by molar-refractivity contribution is 0.0950. The van der Waals surface area contributed by atoms with Crippen LogP contribution in [0, 0.1) is 0 Å². The third-order valence-electron chi connectivity index (χ3n) is 6.20. The minimum Gasteiger partial charge on any atom is -0.507 e. The van der Waals surface area contributed by atoms with Crippen LogP contribution >= 0.6 is 0 Å². The molecular weight excluding hydrogens is 484 g/mol. The molecule has 1 amide bonds. The number of rotatable bonds is 8. The zero-order valence-electron chi connectivity index (χ0n) is 21.1. The quantitative estimate of drug-likeness (QED) is 0.270. The number of carbonyl (C=O) groups excluding carboxylic acids is 1. The van der Waals surface area contributed by atoms with Gasteiger partial charge < -0.3 is 29.6 Å². The first kappa shape index (κ1) is 24.6. The first-order valence-corrected chi connectivity index (χ1v) is 11.8. The zero-order chi connectivity index (χ0) is 26.6. The number of aromatic amines is 1. The summed E-state index contributed by atoms with van der Waals surface area (Å²) < 4.78 is 16.2. The van der Waals surface area contributed by atoms with Crippen LogP contribution in [0.25, 0.3) is 33.5 Å². The molecule has 0 saturated heterocycles. The summed E-state index contributed by atoms with van der Waals surface area (Å²) in [6.45, 7) is 0.268. The number of nitrogens with zero attached hydrogens (tertiary/aromatic N) is 2. The molecule has 2 aromatic heterocycles. The Morgan fingerprint density at radius 2 is 1.82 bits per heavy atom. The highest BCUT2D eigenvalue weighted by atomic mass is 16.5. The van der Waals surface area contributed by atoms with Crippen molar-refractivity contribution >= 4 is 16.9 Å². The van der Waals surface area contributed by atoms with E-state index in [0.29, 0.717) is 45.4 Å². The molecular formula is C29H26N4O5. The number of phenolic OH excluding ortho intramolecular Hbond substituents is 1. The summed E-state index contributed by atoms with van der Waals surface area (Å²) in [7, 11) is 4.70. The van der Waals surface area contributed by atoms with Crippen LogP contribution < -0.4 is 19.5 Å². The molecule has 0 saturated carbocycles. The number of amides is 1. The SMILES string of the molecule is COc1cccc(CNC(=O)c2ccc3nc(-c4cc(-c5cccnc5OC)ccc4O)[nH]c3c2)c1OC. The number of hydrogen-bond acceptors (Lipinski definition) is 7. The first-order valence-electron chi connectivity index (χ1n) is 11.8. The zero-order valence-corrected chi connectivity index (χ0v) is 21.1. The fourth-order valence-electron chi connectivity index (χ4n) is 4.32. The molecule has 38 heavy (non-hydrogen) atoms. The van der Waals surface area contributed by atoms with Crippen LogP contribution in [0.15, 0.2) is 72.9 Å². The molecule has 2 heterocycles. The van der Waals surface area contributed by atoms with E-state index in [4.69, 9.17) is 14.2 Å². The van der Waals surface area contributed by atoms with Gasteiger partial charge in [-0.2, -0.15) is 0 Å². The van der Waals surface area contributed by atoms with E-state index in [2.05, 4.69) is 20.3 Å². The molecule has 5 rings (SSSR count). The summed E-state index contributed by atoms with van der Waals surface area (Å²) in [4.78, 5) is 25.0. The molecule has 0 fully saturated rings. The lowest BCUT2D eigenvalue weighted by Gasteiger charge is -2.13. The van der Waals surface area contributed by atoms with Crippen molar-refractivity contribution in [2.75, 3.05) is 21.3 Å². The standard InChI is InChI=1S/C29H26N4O5/c1-36-25-8-4-6-19(26(25)37-2)16-31-28(35)18-9-11-22-23(15-18)33-27(32-22)21-14-17(10-12-24(21)34)20-7-5-13-30-29(20)38-3/h4-15,34H,16H2,1-3H3,(H,31,35)(H,32,33). The molecule has 0 atom stereocenters. The minimum atomic E-state index is -0.249. The molecule has 0 bridgehead atoms. The van der Waals surface area contributed by atoms with Gasteiger partial charge in [0.25, 0.3) is 5.91 Å². The molecule has 5 aromatic rings. The van der Waals surface area contributed by atoms with Crippen molar-refractivity contribution in [2.24, 2.45) is 0 Å². The summed E-state index contributed by atoms with van der Waals surface area (Å²) in [5, 5.41) is 13.5. The van der Waals surface area contributed by atoms with Crippen molar-refractivity contribution in [3.05, 3.63) is 84.1 Å². The van der Waals surface area contributed by atoms with E-state index in [0.717, 1.165) is 16.7 Å². The van der Waals surface area contributed by atoms with Gasteiger partial charge in [0.15, 0.2) is 11.5 Å². The van der Waals surface area contributed by atoms with Crippen LogP contribution in [0.5, 0.6) is 23.1 Å². The third-order valence-corrected chi connectivity index (χ3v) is 6.20. The average molecular weight is 511 g/mol. The third kappa shape index (κ3) is 4.69. The number of fused-ring (bicyclic) bond motifs is 1. The van der Waals surface area contributed by atoms with Gasteiger partial charge >= 0.3 is 0 Å². The van der Waals surface area contributed by atoms with Crippen LogP contribution in [0.2, 0.25) is 0 Å². The topological polar surface area (TPSA) is 119 Å². The number of hydrogen-bond donors (Lipinski definition) is 3. The van der Waals surface area contributed by atoms with Crippen LogP contribution in [0.3, 0.4) is 0 Å². The molecule has 0 unspecified atom stereocenters. The number of pyridine rings is 1. The minimum absolute atomic E-state index is 0.0702. The Kier molecular flexibility index (Phi) is 6.82. The number of carbonyl (C=O) groups is 1. The summed E-state index contributed by atoms with van der Waals surface area (Å²) in [5.41, 5.74) is 4.71. The van der Waals surface area contributed by atoms with Crippen molar-refractivity contribution in [3.63, 3.8) is 0 Å². The van der Waals surface area contributed by atoms with E-state index in [-0.39, 0.29) is 18.2 Å². The van der Waals surface area contributed by atoms with Gasteiger partial charge in [0.05, 0.1) is 37.9 Å². The van der Waals surface area contributed by atoms with Crippen molar-refractivity contribution in [3.8, 4) is 45.6 Å². The maximum absolute atomic E-state index is 12.9. The Labute approximate surface area is 219 Å². The molecule has 9 nitrogen and oxygen atoms in total. The molecule has 0 aliphatic rings. The van der Waals surface area contributed by atoms with Crippen molar-refractivity contribution in [1.29, 1.82) is 0 Å². The lowest BCUT2D eigenvalue weighted by atomic mass is 10.0. The van der Waals surface area contributed by atoms with Gasteiger partial charge in [-0.15, -0.1) is 0 Å². The Balaban J connectivity index is 1.41. The number of para-hydroxylation sites is 1. The number of benzene rings is 3. The summed E-state index contributed by atoms with van der Waals surface area (Å²) in [5.74, 6) is 1.95. The van der Waals surface area contributed by atoms with Crippen LogP contribution in [-0.4, -0.2) is 47.3 Å². The smallest absolute Gasteiger partial charge is 0.251 e. The fraction of sp³-hybridized carbons (Fsp3) is 0.138. The normalized spacial score (nSPS) is 10.8. The second-order valence-electron chi connectivity index (χ2n) is 8.44. The van der Waals surface area contributed by atoms with Gasteiger partial charge in [-0.3, -0.25) is 4.79 Å². The number of phenols is 1.